The predicted octanol–water partition coefficient (Wildman–Crippen LogP) is 0.414. The molecular weight excluding hydrogens is 248 g/mol. The molecule has 0 unspecified atom stereocenters. The fourth-order valence-electron chi connectivity index (χ4n) is 1.88. The van der Waals surface area contributed by atoms with Gasteiger partial charge in [-0.1, -0.05) is 11.8 Å². The molecule has 0 spiro atoms. The van der Waals surface area contributed by atoms with E-state index in [0.717, 1.165) is 30.9 Å². The van der Waals surface area contributed by atoms with E-state index in [9.17, 15) is 4.79 Å². The molecule has 1 aliphatic rings. The molecule has 1 aromatic rings. The molecule has 0 bridgehead atoms. The van der Waals surface area contributed by atoms with Gasteiger partial charge < -0.3 is 10.4 Å². The standard InChI is InChI=1S/C13H16N2O2S/c16-8-1-3-11-4-5-12(18-11)9-15-7-2-6-14-13(17)10-15/h4-5,16H,2,6-10H2,(H,14,17). The van der Waals surface area contributed by atoms with Gasteiger partial charge in [0.15, 0.2) is 0 Å². The molecule has 2 rings (SSSR count). The Bertz CT molecular complexity index is 473. The molecule has 4 nitrogen and oxygen atoms in total. The van der Waals surface area contributed by atoms with Gasteiger partial charge in [-0.3, -0.25) is 9.69 Å². The van der Waals surface area contributed by atoms with Crippen molar-refractivity contribution in [2.24, 2.45) is 0 Å². The second-order valence-electron chi connectivity index (χ2n) is 4.14. The van der Waals surface area contributed by atoms with Crippen LogP contribution in [0.3, 0.4) is 0 Å². The Labute approximate surface area is 111 Å². The highest BCUT2D eigenvalue weighted by Crippen LogP contribution is 2.17. The second-order valence-corrected chi connectivity index (χ2v) is 5.31. The van der Waals surface area contributed by atoms with Crippen LogP contribution in [0, 0.1) is 11.8 Å². The molecule has 1 fully saturated rings. The third kappa shape index (κ3) is 3.84. The van der Waals surface area contributed by atoms with Crippen LogP contribution < -0.4 is 5.32 Å². The van der Waals surface area contributed by atoms with Gasteiger partial charge in [-0.15, -0.1) is 11.3 Å². The van der Waals surface area contributed by atoms with Crippen molar-refractivity contribution in [3.8, 4) is 11.8 Å². The lowest BCUT2D eigenvalue weighted by molar-refractivity contribution is -0.121. The zero-order valence-corrected chi connectivity index (χ0v) is 10.9. The summed E-state index contributed by atoms with van der Waals surface area (Å²) in [6, 6.07) is 4.00. The third-order valence-electron chi connectivity index (χ3n) is 2.67. The fourth-order valence-corrected chi connectivity index (χ4v) is 2.81. The number of nitrogens with one attached hydrogen (secondary N) is 1. The largest absolute Gasteiger partial charge is 0.384 e. The number of hydrogen-bond donors (Lipinski definition) is 2. The number of thiophene rings is 1. The molecular formula is C13H16N2O2S. The van der Waals surface area contributed by atoms with E-state index >= 15 is 0 Å². The number of carbonyl (C=O) groups excluding carboxylic acids is 1. The van der Waals surface area contributed by atoms with Gasteiger partial charge in [0, 0.05) is 24.5 Å². The molecule has 18 heavy (non-hydrogen) atoms. The number of aliphatic hydroxyl groups is 1. The Balaban J connectivity index is 1.95. The van der Waals surface area contributed by atoms with Crippen LogP contribution in [0.25, 0.3) is 0 Å². The highest BCUT2D eigenvalue weighted by atomic mass is 32.1. The van der Waals surface area contributed by atoms with Crippen molar-refractivity contribution < 1.29 is 9.90 Å². The summed E-state index contributed by atoms with van der Waals surface area (Å²) < 4.78 is 0. The quantitative estimate of drug-likeness (QED) is 0.761. The summed E-state index contributed by atoms with van der Waals surface area (Å²) in [6.45, 7) is 2.86. The lowest BCUT2D eigenvalue weighted by Crippen LogP contribution is -2.32. The summed E-state index contributed by atoms with van der Waals surface area (Å²) in [7, 11) is 0. The number of carbonyl (C=O) groups is 1. The fraction of sp³-hybridized carbons (Fsp3) is 0.462. The minimum Gasteiger partial charge on any atom is -0.384 e. The summed E-state index contributed by atoms with van der Waals surface area (Å²) >= 11 is 1.62. The lowest BCUT2D eigenvalue weighted by Gasteiger charge is -2.16. The van der Waals surface area contributed by atoms with Crippen LogP contribution >= 0.6 is 11.3 Å². The summed E-state index contributed by atoms with van der Waals surface area (Å²) in [5.41, 5.74) is 0. The molecule has 96 valence electrons. The van der Waals surface area contributed by atoms with Crippen molar-refractivity contribution in [3.63, 3.8) is 0 Å². The van der Waals surface area contributed by atoms with Gasteiger partial charge in [-0.25, -0.2) is 0 Å². The molecule has 2 heterocycles. The zero-order valence-electron chi connectivity index (χ0n) is 10.1. The van der Waals surface area contributed by atoms with Crippen molar-refractivity contribution in [3.05, 3.63) is 21.9 Å². The topological polar surface area (TPSA) is 52.6 Å². The Hall–Kier alpha value is -1.35. The van der Waals surface area contributed by atoms with E-state index in [1.165, 1.54) is 4.88 Å². The number of rotatable bonds is 2. The minimum absolute atomic E-state index is 0.101. The van der Waals surface area contributed by atoms with Crippen molar-refractivity contribution in [1.29, 1.82) is 0 Å². The van der Waals surface area contributed by atoms with E-state index < -0.39 is 0 Å². The van der Waals surface area contributed by atoms with Crippen LogP contribution in [-0.2, 0) is 11.3 Å². The molecule has 0 aromatic carbocycles. The van der Waals surface area contributed by atoms with Crippen LogP contribution in [0.4, 0.5) is 0 Å². The molecule has 0 aliphatic carbocycles. The normalized spacial score (nSPS) is 16.6. The smallest absolute Gasteiger partial charge is 0.234 e. The van der Waals surface area contributed by atoms with Crippen molar-refractivity contribution in [2.75, 3.05) is 26.2 Å². The number of nitrogens with zero attached hydrogens (tertiary/aromatic N) is 1. The molecule has 1 saturated heterocycles. The van der Waals surface area contributed by atoms with Crippen LogP contribution in [0.1, 0.15) is 16.2 Å². The highest BCUT2D eigenvalue weighted by molar-refractivity contribution is 7.12. The van der Waals surface area contributed by atoms with E-state index in [-0.39, 0.29) is 12.5 Å². The molecule has 2 N–H and O–H groups in total. The molecule has 0 saturated carbocycles. The molecule has 1 aliphatic heterocycles. The first kappa shape index (κ1) is 13.1. The first-order valence-corrected chi connectivity index (χ1v) is 6.77. The van der Waals surface area contributed by atoms with E-state index in [0.29, 0.717) is 6.54 Å². The van der Waals surface area contributed by atoms with Gasteiger partial charge in [0.05, 0.1) is 11.4 Å². The average molecular weight is 264 g/mol. The summed E-state index contributed by atoms with van der Waals surface area (Å²) in [4.78, 5) is 15.7. The average Bonchev–Trinajstić information content (AvgIpc) is 2.69. The van der Waals surface area contributed by atoms with Crippen LogP contribution in [0.15, 0.2) is 12.1 Å². The number of hydrogen-bond acceptors (Lipinski definition) is 4. The Morgan fingerprint density at radius 3 is 3.22 bits per heavy atom. The zero-order chi connectivity index (χ0) is 12.8. The van der Waals surface area contributed by atoms with Crippen LogP contribution in [0.5, 0.6) is 0 Å². The van der Waals surface area contributed by atoms with Gasteiger partial charge in [-0.2, -0.15) is 0 Å². The van der Waals surface area contributed by atoms with Gasteiger partial charge >= 0.3 is 0 Å². The van der Waals surface area contributed by atoms with E-state index in [1.807, 2.05) is 12.1 Å². The third-order valence-corrected chi connectivity index (χ3v) is 3.66. The summed E-state index contributed by atoms with van der Waals surface area (Å²) in [5.74, 6) is 5.63. The Morgan fingerprint density at radius 1 is 1.50 bits per heavy atom. The maximum atomic E-state index is 11.4. The van der Waals surface area contributed by atoms with Gasteiger partial charge in [0.2, 0.25) is 5.91 Å². The monoisotopic (exact) mass is 264 g/mol. The molecule has 0 radical (unpaired) electrons. The first-order chi connectivity index (χ1) is 8.78. The highest BCUT2D eigenvalue weighted by Gasteiger charge is 2.15. The Kier molecular flexibility index (Phi) is 4.76. The molecule has 5 heteroatoms. The maximum Gasteiger partial charge on any atom is 0.234 e. The summed E-state index contributed by atoms with van der Waals surface area (Å²) in [6.07, 6.45) is 0.994. The van der Waals surface area contributed by atoms with Crippen LogP contribution in [0.2, 0.25) is 0 Å². The van der Waals surface area contributed by atoms with Crippen molar-refractivity contribution in [2.45, 2.75) is 13.0 Å². The van der Waals surface area contributed by atoms with E-state index in [2.05, 4.69) is 22.1 Å². The predicted molar refractivity (Wildman–Crippen MR) is 71.2 cm³/mol. The van der Waals surface area contributed by atoms with Gasteiger partial charge in [0.1, 0.15) is 6.61 Å². The lowest BCUT2D eigenvalue weighted by atomic mass is 10.3. The van der Waals surface area contributed by atoms with Gasteiger partial charge in [0.25, 0.3) is 0 Å². The Morgan fingerprint density at radius 2 is 2.39 bits per heavy atom. The summed E-state index contributed by atoms with van der Waals surface area (Å²) in [5, 5.41) is 11.5. The van der Waals surface area contributed by atoms with Gasteiger partial charge in [-0.05, 0) is 18.6 Å². The number of aliphatic hydroxyl groups excluding tert-OH is 1. The maximum absolute atomic E-state index is 11.4. The van der Waals surface area contributed by atoms with E-state index in [1.54, 1.807) is 11.3 Å². The SMILES string of the molecule is O=C1CN(Cc2ccc(C#CCO)s2)CCCN1. The molecule has 1 amide bonds. The van der Waals surface area contributed by atoms with E-state index in [4.69, 9.17) is 5.11 Å². The van der Waals surface area contributed by atoms with Crippen molar-refractivity contribution >= 4 is 17.2 Å². The number of amides is 1. The molecule has 1 aromatic heterocycles. The van der Waals surface area contributed by atoms with Crippen LogP contribution in [-0.4, -0.2) is 42.2 Å². The second kappa shape index (κ2) is 6.55. The first-order valence-electron chi connectivity index (χ1n) is 5.95. The van der Waals surface area contributed by atoms with Crippen molar-refractivity contribution in [1.82, 2.24) is 10.2 Å². The molecule has 0 atom stereocenters. The minimum atomic E-state index is -0.112.